The second kappa shape index (κ2) is 7.99. The molecule has 11 heteroatoms. The summed E-state index contributed by atoms with van der Waals surface area (Å²) in [4.78, 5) is 17.3. The minimum atomic E-state index is -0.141. The summed E-state index contributed by atoms with van der Waals surface area (Å²) in [5, 5.41) is 17.6. The van der Waals surface area contributed by atoms with E-state index in [0.717, 1.165) is 52.6 Å². The lowest BCUT2D eigenvalue weighted by molar-refractivity contribution is 0.120. The van der Waals surface area contributed by atoms with Gasteiger partial charge in [-0.15, -0.1) is 10.2 Å². The van der Waals surface area contributed by atoms with Gasteiger partial charge >= 0.3 is 0 Å². The van der Waals surface area contributed by atoms with Crippen LogP contribution in [0.25, 0.3) is 4.96 Å². The molecular formula is C15H18N6O2S3. The van der Waals surface area contributed by atoms with E-state index in [0.29, 0.717) is 10.7 Å². The molecule has 0 unspecified atom stereocenters. The first-order valence-electron chi connectivity index (χ1n) is 8.41. The monoisotopic (exact) mass is 410 g/mol. The van der Waals surface area contributed by atoms with Gasteiger partial charge < -0.3 is 10.1 Å². The van der Waals surface area contributed by atoms with Crippen LogP contribution < -0.4 is 10.9 Å². The van der Waals surface area contributed by atoms with E-state index in [9.17, 15) is 4.79 Å². The fourth-order valence-electron chi connectivity index (χ4n) is 2.59. The molecule has 4 rings (SSSR count). The van der Waals surface area contributed by atoms with Gasteiger partial charge in [-0.3, -0.25) is 4.79 Å². The SMILES string of the molecule is CCc1nn2c(=O)cc(CSc3nnc(NC[C@@H]4CCCO4)s3)nc2s1. The Kier molecular flexibility index (Phi) is 5.48. The van der Waals surface area contributed by atoms with Crippen LogP contribution in [-0.2, 0) is 16.9 Å². The fourth-order valence-corrected chi connectivity index (χ4v) is 5.10. The summed E-state index contributed by atoms with van der Waals surface area (Å²) >= 11 is 4.49. The van der Waals surface area contributed by atoms with E-state index < -0.39 is 0 Å². The topological polar surface area (TPSA) is 94.3 Å². The van der Waals surface area contributed by atoms with E-state index in [1.165, 1.54) is 45.0 Å². The van der Waals surface area contributed by atoms with Gasteiger partial charge in [0.05, 0.1) is 11.8 Å². The van der Waals surface area contributed by atoms with Crippen LogP contribution in [0.2, 0.25) is 0 Å². The number of fused-ring (bicyclic) bond motifs is 1. The summed E-state index contributed by atoms with van der Waals surface area (Å²) in [6.07, 6.45) is 3.28. The molecule has 0 aliphatic carbocycles. The number of thioether (sulfide) groups is 1. The maximum atomic E-state index is 12.2. The standard InChI is InChI=1S/C15H18N6O2S3/c1-2-11-20-21-12(22)6-9(17-14(21)25-11)8-24-15-19-18-13(26-15)16-7-10-4-3-5-23-10/h6,10H,2-5,7-8H2,1H3,(H,16,18)/t10-/m0/s1. The van der Waals surface area contributed by atoms with Crippen LogP contribution in [0, 0.1) is 0 Å². The van der Waals surface area contributed by atoms with Crippen LogP contribution in [-0.4, -0.2) is 44.1 Å². The first-order chi connectivity index (χ1) is 12.7. The number of rotatable bonds is 7. The van der Waals surface area contributed by atoms with Crippen molar-refractivity contribution in [3.8, 4) is 0 Å². The predicted molar refractivity (Wildman–Crippen MR) is 103 cm³/mol. The Bertz CT molecular complexity index is 946. The van der Waals surface area contributed by atoms with E-state index in [-0.39, 0.29) is 11.7 Å². The van der Waals surface area contributed by atoms with E-state index in [2.05, 4.69) is 25.6 Å². The summed E-state index contributed by atoms with van der Waals surface area (Å²) < 4.78 is 7.81. The molecule has 138 valence electrons. The minimum absolute atomic E-state index is 0.141. The lowest BCUT2D eigenvalue weighted by Gasteiger charge is -2.08. The summed E-state index contributed by atoms with van der Waals surface area (Å²) in [7, 11) is 0. The molecule has 0 radical (unpaired) electrons. The number of nitrogens with zero attached hydrogens (tertiary/aromatic N) is 5. The zero-order valence-corrected chi connectivity index (χ0v) is 16.6. The average molecular weight is 411 g/mol. The Balaban J connectivity index is 1.37. The van der Waals surface area contributed by atoms with E-state index in [1.807, 2.05) is 6.92 Å². The zero-order chi connectivity index (χ0) is 17.9. The number of hydrogen-bond acceptors (Lipinski definition) is 10. The molecule has 0 amide bonds. The molecule has 1 fully saturated rings. The highest BCUT2D eigenvalue weighted by Gasteiger charge is 2.16. The number of anilines is 1. The van der Waals surface area contributed by atoms with Crippen LogP contribution in [0.15, 0.2) is 15.2 Å². The molecule has 1 atom stereocenters. The molecule has 1 N–H and O–H groups in total. The van der Waals surface area contributed by atoms with Crippen LogP contribution in [0.4, 0.5) is 5.13 Å². The number of aromatic nitrogens is 5. The molecule has 26 heavy (non-hydrogen) atoms. The summed E-state index contributed by atoms with van der Waals surface area (Å²) in [6.45, 7) is 3.62. The van der Waals surface area contributed by atoms with Crippen molar-refractivity contribution in [1.82, 2.24) is 24.8 Å². The lowest BCUT2D eigenvalue weighted by atomic mass is 10.2. The number of hydrogen-bond donors (Lipinski definition) is 1. The molecule has 0 spiro atoms. The molecular weight excluding hydrogens is 392 g/mol. The Hall–Kier alpha value is -1.56. The molecule has 3 aromatic heterocycles. The minimum Gasteiger partial charge on any atom is -0.376 e. The third-order valence-electron chi connectivity index (χ3n) is 3.90. The van der Waals surface area contributed by atoms with E-state index in [4.69, 9.17) is 4.74 Å². The second-order valence-electron chi connectivity index (χ2n) is 5.81. The Morgan fingerprint density at radius 3 is 3.15 bits per heavy atom. The average Bonchev–Trinajstić information content (AvgIpc) is 3.38. The predicted octanol–water partition coefficient (Wildman–Crippen LogP) is 2.45. The van der Waals surface area contributed by atoms with Gasteiger partial charge in [-0.1, -0.05) is 41.4 Å². The maximum absolute atomic E-state index is 12.2. The molecule has 8 nitrogen and oxygen atoms in total. The van der Waals surface area contributed by atoms with Crippen LogP contribution >= 0.6 is 34.4 Å². The Morgan fingerprint density at radius 2 is 2.35 bits per heavy atom. The molecule has 0 saturated carbocycles. The van der Waals surface area contributed by atoms with E-state index >= 15 is 0 Å². The molecule has 1 aliphatic rings. The van der Waals surface area contributed by atoms with Gasteiger partial charge in [-0.25, -0.2) is 4.98 Å². The summed E-state index contributed by atoms with van der Waals surface area (Å²) in [5.41, 5.74) is 0.591. The van der Waals surface area contributed by atoms with Crippen LogP contribution in [0.5, 0.6) is 0 Å². The van der Waals surface area contributed by atoms with Gasteiger partial charge in [0.25, 0.3) is 5.56 Å². The lowest BCUT2D eigenvalue weighted by Crippen LogP contribution is -2.18. The summed E-state index contributed by atoms with van der Waals surface area (Å²) in [5.74, 6) is 0.575. The first-order valence-corrected chi connectivity index (χ1v) is 11.0. The van der Waals surface area contributed by atoms with Gasteiger partial charge in [0, 0.05) is 25.0 Å². The van der Waals surface area contributed by atoms with Crippen molar-refractivity contribution in [1.29, 1.82) is 0 Å². The Morgan fingerprint density at radius 1 is 1.42 bits per heavy atom. The fraction of sp³-hybridized carbons (Fsp3) is 0.533. The summed E-state index contributed by atoms with van der Waals surface area (Å²) in [6, 6.07) is 1.54. The van der Waals surface area contributed by atoms with Crippen molar-refractivity contribution in [3.63, 3.8) is 0 Å². The van der Waals surface area contributed by atoms with Crippen molar-refractivity contribution in [2.75, 3.05) is 18.5 Å². The Labute approximate surface area is 162 Å². The highest BCUT2D eigenvalue weighted by atomic mass is 32.2. The van der Waals surface area contributed by atoms with Gasteiger partial charge in [-0.05, 0) is 19.3 Å². The molecule has 4 heterocycles. The van der Waals surface area contributed by atoms with Crippen molar-refractivity contribution >= 4 is 44.5 Å². The maximum Gasteiger partial charge on any atom is 0.275 e. The zero-order valence-electron chi connectivity index (χ0n) is 14.2. The van der Waals surface area contributed by atoms with E-state index in [1.54, 1.807) is 0 Å². The third-order valence-corrected chi connectivity index (χ3v) is 7.00. The van der Waals surface area contributed by atoms with Crippen LogP contribution in [0.1, 0.15) is 30.5 Å². The van der Waals surface area contributed by atoms with Gasteiger partial charge in [-0.2, -0.15) is 9.61 Å². The molecule has 0 aromatic carbocycles. The van der Waals surface area contributed by atoms with Crippen LogP contribution in [0.3, 0.4) is 0 Å². The quantitative estimate of drug-likeness (QED) is 0.594. The highest BCUT2D eigenvalue weighted by molar-refractivity contribution is 8.00. The number of aryl methyl sites for hydroxylation is 1. The first kappa shape index (κ1) is 17.8. The van der Waals surface area contributed by atoms with Gasteiger partial charge in [0.1, 0.15) is 5.01 Å². The van der Waals surface area contributed by atoms with Gasteiger partial charge in [0.2, 0.25) is 10.1 Å². The van der Waals surface area contributed by atoms with Crippen molar-refractivity contribution < 1.29 is 4.74 Å². The molecule has 3 aromatic rings. The molecule has 1 aliphatic heterocycles. The smallest absolute Gasteiger partial charge is 0.275 e. The second-order valence-corrected chi connectivity index (χ2v) is 9.05. The highest BCUT2D eigenvalue weighted by Crippen LogP contribution is 2.28. The number of ether oxygens (including phenoxy) is 1. The largest absolute Gasteiger partial charge is 0.376 e. The molecule has 1 saturated heterocycles. The van der Waals surface area contributed by atoms with Crippen molar-refractivity contribution in [2.24, 2.45) is 0 Å². The van der Waals surface area contributed by atoms with Crippen molar-refractivity contribution in [2.45, 2.75) is 42.4 Å². The molecule has 0 bridgehead atoms. The van der Waals surface area contributed by atoms with Gasteiger partial charge in [0.15, 0.2) is 4.34 Å². The van der Waals surface area contributed by atoms with Crippen molar-refractivity contribution in [3.05, 3.63) is 27.1 Å². The third kappa shape index (κ3) is 4.05. The number of nitrogens with one attached hydrogen (secondary N) is 1. The normalized spacial score (nSPS) is 17.2.